The highest BCUT2D eigenvalue weighted by atomic mass is 32.1. The first-order chi connectivity index (χ1) is 14.8. The second-order valence-electron chi connectivity index (χ2n) is 7.93. The maximum Gasteiger partial charge on any atom is 0.231 e. The number of nitriles is 1. The Hall–Kier alpha value is -3.12. The smallest absolute Gasteiger partial charge is 0.231 e. The van der Waals surface area contributed by atoms with Crippen LogP contribution in [-0.2, 0) is 0 Å². The van der Waals surface area contributed by atoms with Gasteiger partial charge in [0.15, 0.2) is 22.4 Å². The van der Waals surface area contributed by atoms with Crippen LogP contribution in [0.5, 0.6) is 11.5 Å². The number of anilines is 2. The number of hydrogen-bond donors (Lipinski definition) is 0. The number of piperidine rings is 1. The summed E-state index contributed by atoms with van der Waals surface area (Å²) >= 11 is 1.68. The Morgan fingerprint density at radius 2 is 1.80 bits per heavy atom. The lowest BCUT2D eigenvalue weighted by Crippen LogP contribution is -2.46. The molecule has 3 aromatic rings. The number of ether oxygens (including phenoxy) is 2. The summed E-state index contributed by atoms with van der Waals surface area (Å²) in [7, 11) is 0. The van der Waals surface area contributed by atoms with Gasteiger partial charge < -0.3 is 19.3 Å². The highest BCUT2D eigenvalue weighted by Gasteiger charge is 2.35. The molecule has 2 aromatic heterocycles. The summed E-state index contributed by atoms with van der Waals surface area (Å²) in [6.45, 7) is 3.78. The molecule has 0 bridgehead atoms. The summed E-state index contributed by atoms with van der Waals surface area (Å²) in [5, 5.41) is 10.2. The highest BCUT2D eigenvalue weighted by molar-refractivity contribution is 7.22. The van der Waals surface area contributed by atoms with Gasteiger partial charge in [0.2, 0.25) is 6.79 Å². The normalized spacial score (nSPS) is 19.2. The molecule has 0 saturated carbocycles. The van der Waals surface area contributed by atoms with Crippen LogP contribution >= 0.6 is 11.3 Å². The van der Waals surface area contributed by atoms with Crippen LogP contribution in [0.4, 0.5) is 10.9 Å². The zero-order valence-corrected chi connectivity index (χ0v) is 17.1. The van der Waals surface area contributed by atoms with E-state index in [1.807, 2.05) is 12.1 Å². The zero-order chi connectivity index (χ0) is 20.1. The van der Waals surface area contributed by atoms with Crippen LogP contribution in [0, 0.1) is 17.2 Å². The Balaban J connectivity index is 1.19. The molecular formula is C21H20N6O2S. The molecule has 0 radical (unpaired) electrons. The van der Waals surface area contributed by atoms with E-state index in [2.05, 4.69) is 25.8 Å². The van der Waals surface area contributed by atoms with E-state index in [0.717, 1.165) is 77.4 Å². The van der Waals surface area contributed by atoms with Crippen molar-refractivity contribution in [1.82, 2.24) is 15.0 Å². The second kappa shape index (κ2) is 6.99. The van der Waals surface area contributed by atoms with Crippen molar-refractivity contribution in [2.24, 2.45) is 5.92 Å². The van der Waals surface area contributed by atoms with Crippen LogP contribution in [0.1, 0.15) is 24.5 Å². The molecule has 152 valence electrons. The number of aromatic nitrogens is 3. The summed E-state index contributed by atoms with van der Waals surface area (Å²) in [6, 6.07) is 6.37. The predicted molar refractivity (Wildman–Crippen MR) is 113 cm³/mol. The van der Waals surface area contributed by atoms with Gasteiger partial charge in [0.25, 0.3) is 0 Å². The molecule has 9 heteroatoms. The average molecular weight is 420 g/mol. The zero-order valence-electron chi connectivity index (χ0n) is 16.3. The van der Waals surface area contributed by atoms with E-state index in [-0.39, 0.29) is 12.7 Å². The van der Waals surface area contributed by atoms with Gasteiger partial charge in [0.05, 0.1) is 22.0 Å². The Morgan fingerprint density at radius 1 is 1.03 bits per heavy atom. The molecule has 1 aromatic carbocycles. The lowest BCUT2D eigenvalue weighted by molar-refractivity contribution is 0.174. The minimum Gasteiger partial charge on any atom is -0.454 e. The Bertz CT molecular complexity index is 1100. The minimum absolute atomic E-state index is 0.164. The molecule has 0 spiro atoms. The number of fused-ring (bicyclic) bond motifs is 2. The minimum atomic E-state index is 0.164. The van der Waals surface area contributed by atoms with Gasteiger partial charge in [0, 0.05) is 62.5 Å². The van der Waals surface area contributed by atoms with Crippen molar-refractivity contribution in [3.05, 3.63) is 30.2 Å². The quantitative estimate of drug-likeness (QED) is 0.639. The van der Waals surface area contributed by atoms with Gasteiger partial charge in [-0.15, -0.1) is 0 Å². The molecule has 2 saturated heterocycles. The topological polar surface area (TPSA) is 87.4 Å². The van der Waals surface area contributed by atoms with Crippen molar-refractivity contribution >= 4 is 32.5 Å². The Kier molecular flexibility index (Phi) is 4.13. The monoisotopic (exact) mass is 420 g/mol. The van der Waals surface area contributed by atoms with Crippen molar-refractivity contribution in [2.45, 2.75) is 18.8 Å². The van der Waals surface area contributed by atoms with Gasteiger partial charge in [-0.25, -0.2) is 9.97 Å². The first-order valence-electron chi connectivity index (χ1n) is 10.2. The number of rotatable bonds is 3. The van der Waals surface area contributed by atoms with E-state index in [9.17, 15) is 0 Å². The summed E-state index contributed by atoms with van der Waals surface area (Å²) in [5.41, 5.74) is 2.01. The number of hydrogen-bond acceptors (Lipinski definition) is 9. The van der Waals surface area contributed by atoms with Crippen LogP contribution in [0.15, 0.2) is 24.5 Å². The molecule has 3 aliphatic heterocycles. The van der Waals surface area contributed by atoms with Crippen LogP contribution in [0.25, 0.3) is 10.2 Å². The van der Waals surface area contributed by atoms with Gasteiger partial charge in [-0.3, -0.25) is 4.98 Å². The molecule has 0 amide bonds. The Morgan fingerprint density at radius 3 is 2.60 bits per heavy atom. The van der Waals surface area contributed by atoms with E-state index >= 15 is 0 Å². The van der Waals surface area contributed by atoms with Crippen molar-refractivity contribution in [1.29, 1.82) is 5.26 Å². The largest absolute Gasteiger partial charge is 0.454 e. The number of nitrogens with zero attached hydrogens (tertiary/aromatic N) is 6. The van der Waals surface area contributed by atoms with Crippen molar-refractivity contribution in [3.8, 4) is 17.6 Å². The highest BCUT2D eigenvalue weighted by Crippen LogP contribution is 2.42. The lowest BCUT2D eigenvalue weighted by Gasteiger charge is -2.40. The second-order valence-corrected chi connectivity index (χ2v) is 8.94. The van der Waals surface area contributed by atoms with Gasteiger partial charge in [-0.1, -0.05) is 11.3 Å². The first kappa shape index (κ1) is 17.7. The average Bonchev–Trinajstić information content (AvgIpc) is 3.37. The van der Waals surface area contributed by atoms with Gasteiger partial charge in [-0.05, 0) is 12.8 Å². The standard InChI is InChI=1S/C21H20N6O2S/c22-9-13-1-5-26(6-2-13)20-19(23-3-4-24-20)14-10-27(11-14)21-25-15-7-16-17(29-12-28-16)8-18(15)30-21/h3-4,7-8,13-14H,1-2,5-6,10-12H2. The van der Waals surface area contributed by atoms with Crippen molar-refractivity contribution in [2.75, 3.05) is 42.8 Å². The fourth-order valence-corrected chi connectivity index (χ4v) is 5.34. The maximum atomic E-state index is 9.15. The molecule has 2 fully saturated rings. The molecular weight excluding hydrogens is 400 g/mol. The van der Waals surface area contributed by atoms with Gasteiger partial charge in [0.1, 0.15) is 0 Å². The molecule has 3 aliphatic rings. The molecule has 0 aliphatic carbocycles. The first-order valence-corrected chi connectivity index (χ1v) is 11.0. The lowest BCUT2D eigenvalue weighted by atomic mass is 9.94. The number of thiazole rings is 1. The van der Waals surface area contributed by atoms with E-state index in [1.165, 1.54) is 0 Å². The molecule has 6 rings (SSSR count). The summed E-state index contributed by atoms with van der Waals surface area (Å²) in [5.74, 6) is 3.05. The van der Waals surface area contributed by atoms with Crippen molar-refractivity contribution < 1.29 is 9.47 Å². The van der Waals surface area contributed by atoms with E-state index in [1.54, 1.807) is 23.7 Å². The van der Waals surface area contributed by atoms with Gasteiger partial charge >= 0.3 is 0 Å². The van der Waals surface area contributed by atoms with E-state index < -0.39 is 0 Å². The maximum absolute atomic E-state index is 9.15. The molecule has 0 N–H and O–H groups in total. The molecule has 0 unspecified atom stereocenters. The van der Waals surface area contributed by atoms with Crippen LogP contribution in [0.2, 0.25) is 0 Å². The third kappa shape index (κ3) is 2.91. The van der Waals surface area contributed by atoms with Crippen LogP contribution in [-0.4, -0.2) is 47.9 Å². The molecule has 0 atom stereocenters. The molecule has 5 heterocycles. The fourth-order valence-electron chi connectivity index (χ4n) is 4.34. The summed E-state index contributed by atoms with van der Waals surface area (Å²) in [4.78, 5) is 18.7. The number of benzene rings is 1. The Labute approximate surface area is 177 Å². The summed E-state index contributed by atoms with van der Waals surface area (Å²) in [6.07, 6.45) is 5.34. The van der Waals surface area contributed by atoms with Gasteiger partial charge in [-0.2, -0.15) is 5.26 Å². The van der Waals surface area contributed by atoms with Crippen LogP contribution < -0.4 is 19.3 Å². The van der Waals surface area contributed by atoms with E-state index in [0.29, 0.717) is 5.92 Å². The van der Waals surface area contributed by atoms with E-state index in [4.69, 9.17) is 19.7 Å². The SMILES string of the molecule is N#CC1CCN(c2nccnc2C2CN(c3nc4cc5c(cc4s3)OCO5)C2)CC1. The van der Waals surface area contributed by atoms with Crippen LogP contribution in [0.3, 0.4) is 0 Å². The predicted octanol–water partition coefficient (Wildman–Crippen LogP) is 3.16. The third-order valence-electron chi connectivity index (χ3n) is 6.09. The molecule has 30 heavy (non-hydrogen) atoms. The molecule has 8 nitrogen and oxygen atoms in total. The van der Waals surface area contributed by atoms with Crippen molar-refractivity contribution in [3.63, 3.8) is 0 Å². The fraction of sp³-hybridized carbons (Fsp3) is 0.429. The summed E-state index contributed by atoms with van der Waals surface area (Å²) < 4.78 is 12.1. The third-order valence-corrected chi connectivity index (χ3v) is 7.17.